The Morgan fingerprint density at radius 1 is 1.08 bits per heavy atom. The smallest absolute Gasteiger partial charge is 0.250 e. The van der Waals surface area contributed by atoms with E-state index in [2.05, 4.69) is 55.5 Å². The van der Waals surface area contributed by atoms with E-state index in [9.17, 15) is 9.90 Å². The number of nitrogens with one attached hydrogen (secondary N) is 1. The largest absolute Gasteiger partial charge is 0.394 e. The van der Waals surface area contributed by atoms with Crippen LogP contribution in [-0.2, 0) is 26.2 Å². The number of carbonyl (C=O) groups excluding carboxylic acids is 1. The number of hydrogen-bond acceptors (Lipinski definition) is 5. The Balaban J connectivity index is 1.42. The molecule has 0 aromatic heterocycles. The fraction of sp³-hybridized carbons (Fsp3) is 0.375. The van der Waals surface area contributed by atoms with Crippen molar-refractivity contribution in [3.63, 3.8) is 0 Å². The van der Waals surface area contributed by atoms with Crippen molar-refractivity contribution in [3.8, 4) is 0 Å². The third kappa shape index (κ3) is 6.88. The van der Waals surface area contributed by atoms with Gasteiger partial charge in [0, 0.05) is 19.4 Å². The molecule has 1 unspecified atom stereocenters. The average molecular weight is 515 g/mol. The molecule has 0 saturated heterocycles. The Labute approximate surface area is 225 Å². The molecular weight excluding hydrogens is 476 g/mol. The van der Waals surface area contributed by atoms with E-state index in [0.29, 0.717) is 19.4 Å². The van der Waals surface area contributed by atoms with Gasteiger partial charge < -0.3 is 20.0 Å². The van der Waals surface area contributed by atoms with E-state index in [-0.39, 0.29) is 24.0 Å². The normalized spacial score (nSPS) is 16.9. The van der Waals surface area contributed by atoms with Gasteiger partial charge in [-0.3, -0.25) is 4.79 Å². The molecule has 0 aliphatic carbocycles. The van der Waals surface area contributed by atoms with Crippen molar-refractivity contribution < 1.29 is 19.5 Å². The van der Waals surface area contributed by atoms with Crippen LogP contribution in [0.15, 0.2) is 84.0 Å². The number of oxime groups is 1. The van der Waals surface area contributed by atoms with Gasteiger partial charge in [0.2, 0.25) is 5.91 Å². The number of amides is 1. The van der Waals surface area contributed by atoms with Crippen molar-refractivity contribution in [2.24, 2.45) is 5.16 Å². The van der Waals surface area contributed by atoms with Gasteiger partial charge >= 0.3 is 0 Å². The van der Waals surface area contributed by atoms with Crippen molar-refractivity contribution in [1.29, 1.82) is 0 Å². The molecule has 3 aromatic rings. The maximum atomic E-state index is 13.1. The molecular formula is C32H38N2O4. The summed E-state index contributed by atoms with van der Waals surface area (Å²) in [6.07, 6.45) is 0.303. The molecule has 200 valence electrons. The Morgan fingerprint density at radius 2 is 1.82 bits per heavy atom. The highest BCUT2D eigenvalue weighted by Crippen LogP contribution is 2.31. The zero-order valence-corrected chi connectivity index (χ0v) is 22.7. The molecule has 2 N–H and O–H groups in total. The van der Waals surface area contributed by atoms with E-state index in [1.165, 1.54) is 5.56 Å². The number of aliphatic hydroxyl groups is 1. The maximum absolute atomic E-state index is 13.1. The monoisotopic (exact) mass is 514 g/mol. The summed E-state index contributed by atoms with van der Waals surface area (Å²) in [5.74, 6) is -0.250. The number of nitrogens with zero attached hydrogens (tertiary/aromatic N) is 1. The van der Waals surface area contributed by atoms with Crippen LogP contribution in [0.1, 0.15) is 74.1 Å². The average Bonchev–Trinajstić information content (AvgIpc) is 3.42. The lowest BCUT2D eigenvalue weighted by Gasteiger charge is -2.22. The molecule has 0 bridgehead atoms. The minimum atomic E-state index is -0.677. The van der Waals surface area contributed by atoms with Crippen LogP contribution in [0.3, 0.4) is 0 Å². The van der Waals surface area contributed by atoms with Crippen molar-refractivity contribution in [1.82, 2.24) is 5.32 Å². The molecule has 3 aromatic carbocycles. The molecule has 1 heterocycles. The number of aliphatic hydroxyl groups excluding tert-OH is 1. The SMILES string of the molecule is CCO[C@@H](Cc1cccc(C2=NOC(c3ccc(C(C)(C)C)cc3)C2)c1)C(=O)N[C@@H](CO)c1ccccc1. The van der Waals surface area contributed by atoms with Gasteiger partial charge in [-0.05, 0) is 46.2 Å². The zero-order valence-electron chi connectivity index (χ0n) is 22.7. The van der Waals surface area contributed by atoms with Gasteiger partial charge in [-0.15, -0.1) is 0 Å². The first-order valence-electron chi connectivity index (χ1n) is 13.3. The van der Waals surface area contributed by atoms with E-state index < -0.39 is 12.1 Å². The molecule has 0 radical (unpaired) electrons. The molecule has 6 nitrogen and oxygen atoms in total. The Hall–Kier alpha value is -3.48. The third-order valence-electron chi connectivity index (χ3n) is 6.86. The predicted octanol–water partition coefficient (Wildman–Crippen LogP) is 5.65. The summed E-state index contributed by atoms with van der Waals surface area (Å²) in [5, 5.41) is 17.2. The molecule has 6 heteroatoms. The van der Waals surface area contributed by atoms with Gasteiger partial charge in [-0.25, -0.2) is 0 Å². The molecule has 1 aliphatic rings. The van der Waals surface area contributed by atoms with Crippen molar-refractivity contribution in [2.45, 2.75) is 64.2 Å². The molecule has 38 heavy (non-hydrogen) atoms. The van der Waals surface area contributed by atoms with Crippen molar-refractivity contribution in [3.05, 3.63) is 107 Å². The van der Waals surface area contributed by atoms with Crippen LogP contribution in [0.4, 0.5) is 0 Å². The second kappa shape index (κ2) is 12.4. The molecule has 4 rings (SSSR count). The summed E-state index contributed by atoms with van der Waals surface area (Å²) in [5.41, 5.74) is 6.18. The molecule has 0 fully saturated rings. The summed E-state index contributed by atoms with van der Waals surface area (Å²) >= 11 is 0. The van der Waals surface area contributed by atoms with E-state index in [1.807, 2.05) is 61.5 Å². The Bertz CT molecular complexity index is 1230. The second-order valence-electron chi connectivity index (χ2n) is 10.7. The second-order valence-corrected chi connectivity index (χ2v) is 10.7. The summed E-state index contributed by atoms with van der Waals surface area (Å²) in [7, 11) is 0. The van der Waals surface area contributed by atoms with Gasteiger partial charge in [0.1, 0.15) is 6.10 Å². The number of benzene rings is 3. The molecule has 0 spiro atoms. The van der Waals surface area contributed by atoms with Gasteiger partial charge in [-0.1, -0.05) is 98.7 Å². The maximum Gasteiger partial charge on any atom is 0.250 e. The summed E-state index contributed by atoms with van der Waals surface area (Å²) < 4.78 is 5.81. The quantitative estimate of drug-likeness (QED) is 0.367. The van der Waals surface area contributed by atoms with Gasteiger partial charge in [-0.2, -0.15) is 0 Å². The van der Waals surface area contributed by atoms with Crippen LogP contribution in [0, 0.1) is 0 Å². The third-order valence-corrected chi connectivity index (χ3v) is 6.86. The van der Waals surface area contributed by atoms with Crippen LogP contribution in [0.25, 0.3) is 0 Å². The van der Waals surface area contributed by atoms with Crippen LogP contribution < -0.4 is 5.32 Å². The van der Waals surface area contributed by atoms with E-state index in [0.717, 1.165) is 28.0 Å². The highest BCUT2D eigenvalue weighted by molar-refractivity contribution is 6.01. The first kappa shape index (κ1) is 27.6. The van der Waals surface area contributed by atoms with E-state index >= 15 is 0 Å². The lowest BCUT2D eigenvalue weighted by atomic mass is 9.86. The summed E-state index contributed by atoms with van der Waals surface area (Å²) in [4.78, 5) is 18.9. The first-order valence-corrected chi connectivity index (χ1v) is 13.3. The highest BCUT2D eigenvalue weighted by atomic mass is 16.6. The van der Waals surface area contributed by atoms with Gasteiger partial charge in [0.15, 0.2) is 6.10 Å². The van der Waals surface area contributed by atoms with E-state index in [4.69, 9.17) is 9.57 Å². The summed E-state index contributed by atoms with van der Waals surface area (Å²) in [6, 6.07) is 25.6. The number of carbonyl (C=O) groups is 1. The molecule has 1 aliphatic heterocycles. The fourth-order valence-corrected chi connectivity index (χ4v) is 4.63. The topological polar surface area (TPSA) is 80.2 Å². The van der Waals surface area contributed by atoms with Crippen LogP contribution in [-0.4, -0.2) is 36.0 Å². The van der Waals surface area contributed by atoms with Gasteiger partial charge in [0.05, 0.1) is 18.4 Å². The lowest BCUT2D eigenvalue weighted by Crippen LogP contribution is -2.41. The number of hydrogen-bond donors (Lipinski definition) is 2. The highest BCUT2D eigenvalue weighted by Gasteiger charge is 2.26. The van der Waals surface area contributed by atoms with Crippen LogP contribution >= 0.6 is 0 Å². The first-order chi connectivity index (χ1) is 18.3. The minimum Gasteiger partial charge on any atom is -0.394 e. The zero-order chi connectivity index (χ0) is 27.1. The molecule has 1 amide bonds. The fourth-order valence-electron chi connectivity index (χ4n) is 4.63. The van der Waals surface area contributed by atoms with Crippen LogP contribution in [0.2, 0.25) is 0 Å². The number of ether oxygens (including phenoxy) is 1. The van der Waals surface area contributed by atoms with E-state index in [1.54, 1.807) is 0 Å². The minimum absolute atomic E-state index is 0.105. The standard InChI is InChI=1S/C32H38N2O4/c1-5-37-30(31(36)33-28(21-35)23-11-7-6-8-12-23)19-22-10-9-13-25(18-22)27-20-29(38-34-27)24-14-16-26(17-15-24)32(2,3)4/h6-18,28-30,35H,5,19-21H2,1-4H3,(H,33,36)/t28-,29?,30-/m0/s1. The van der Waals surface area contributed by atoms with Gasteiger partial charge in [0.25, 0.3) is 0 Å². The Morgan fingerprint density at radius 3 is 2.47 bits per heavy atom. The lowest BCUT2D eigenvalue weighted by molar-refractivity contribution is -0.133. The Kier molecular flexibility index (Phi) is 8.97. The van der Waals surface area contributed by atoms with Crippen molar-refractivity contribution >= 4 is 11.6 Å². The summed E-state index contributed by atoms with van der Waals surface area (Å²) in [6.45, 7) is 8.70. The molecule has 3 atom stereocenters. The van der Waals surface area contributed by atoms with Crippen molar-refractivity contribution in [2.75, 3.05) is 13.2 Å². The molecule has 0 saturated carbocycles. The number of rotatable bonds is 10. The predicted molar refractivity (Wildman–Crippen MR) is 150 cm³/mol. The van der Waals surface area contributed by atoms with Crippen LogP contribution in [0.5, 0.6) is 0 Å².